The Hall–Kier alpha value is -3.52. The summed E-state index contributed by atoms with van der Waals surface area (Å²) < 4.78 is 15.0. The Kier molecular flexibility index (Phi) is 8.05. The van der Waals surface area contributed by atoms with Crippen LogP contribution in [0.25, 0.3) is 0 Å². The topological polar surface area (TPSA) is 116 Å². The number of esters is 3. The predicted molar refractivity (Wildman–Crippen MR) is 100.0 cm³/mol. The largest absolute Gasteiger partial charge is 0.459 e. The first-order valence-corrected chi connectivity index (χ1v) is 8.71. The van der Waals surface area contributed by atoms with Gasteiger partial charge in [-0.15, -0.1) is 0 Å². The van der Waals surface area contributed by atoms with Crippen LogP contribution >= 0.6 is 0 Å². The Balaban J connectivity index is 2.12. The fourth-order valence-corrected chi connectivity index (χ4v) is 2.41. The molecule has 0 unspecified atom stereocenters. The van der Waals surface area contributed by atoms with Gasteiger partial charge in [0.1, 0.15) is 12.7 Å². The van der Waals surface area contributed by atoms with Gasteiger partial charge in [0, 0.05) is 6.92 Å². The van der Waals surface area contributed by atoms with E-state index in [1.165, 1.54) is 24.3 Å². The van der Waals surface area contributed by atoms with E-state index in [0.29, 0.717) is 0 Å². The van der Waals surface area contributed by atoms with Crippen molar-refractivity contribution in [1.82, 2.24) is 0 Å². The molecule has 3 atom stereocenters. The number of ether oxygens (including phenoxy) is 3. The molecule has 0 fully saturated rings. The SMILES string of the molecule is CC(=O)O[C@@H](C=O)[C@H](OC(=O)c1ccccc1)[C@H](O)COC(=O)c1ccccc1. The summed E-state index contributed by atoms with van der Waals surface area (Å²) in [5.74, 6) is -2.37. The number of aliphatic hydroxyl groups is 1. The van der Waals surface area contributed by atoms with E-state index in [-0.39, 0.29) is 17.4 Å². The van der Waals surface area contributed by atoms with Crippen molar-refractivity contribution in [2.75, 3.05) is 6.61 Å². The smallest absolute Gasteiger partial charge is 0.338 e. The molecule has 0 saturated carbocycles. The van der Waals surface area contributed by atoms with Crippen LogP contribution in [-0.4, -0.2) is 54.2 Å². The summed E-state index contributed by atoms with van der Waals surface area (Å²) in [6.45, 7) is 0.473. The van der Waals surface area contributed by atoms with E-state index >= 15 is 0 Å². The van der Waals surface area contributed by atoms with Gasteiger partial charge in [0.05, 0.1) is 11.1 Å². The fraction of sp³-hybridized carbons (Fsp3) is 0.238. The summed E-state index contributed by atoms with van der Waals surface area (Å²) >= 11 is 0. The molecule has 29 heavy (non-hydrogen) atoms. The van der Waals surface area contributed by atoms with E-state index in [1.54, 1.807) is 36.4 Å². The maximum absolute atomic E-state index is 12.3. The van der Waals surface area contributed by atoms with Crippen LogP contribution in [0.15, 0.2) is 60.7 Å². The third-order valence-electron chi connectivity index (χ3n) is 3.79. The lowest BCUT2D eigenvalue weighted by Crippen LogP contribution is -2.46. The minimum Gasteiger partial charge on any atom is -0.459 e. The predicted octanol–water partition coefficient (Wildman–Crippen LogP) is 1.56. The molecule has 152 valence electrons. The summed E-state index contributed by atoms with van der Waals surface area (Å²) in [6, 6.07) is 15.9. The van der Waals surface area contributed by atoms with Crippen molar-refractivity contribution < 1.29 is 38.5 Å². The van der Waals surface area contributed by atoms with E-state index < -0.39 is 42.8 Å². The summed E-state index contributed by atoms with van der Waals surface area (Å²) in [4.78, 5) is 47.0. The van der Waals surface area contributed by atoms with Crippen LogP contribution in [-0.2, 0) is 23.8 Å². The van der Waals surface area contributed by atoms with Gasteiger partial charge in [-0.1, -0.05) is 36.4 Å². The number of carbonyl (C=O) groups is 4. The number of benzene rings is 2. The molecule has 2 rings (SSSR count). The molecule has 2 aromatic carbocycles. The van der Waals surface area contributed by atoms with Crippen molar-refractivity contribution in [2.45, 2.75) is 25.2 Å². The Morgan fingerprint density at radius 2 is 1.41 bits per heavy atom. The van der Waals surface area contributed by atoms with Crippen molar-refractivity contribution in [3.63, 3.8) is 0 Å². The molecule has 0 saturated heterocycles. The van der Waals surface area contributed by atoms with Crippen molar-refractivity contribution >= 4 is 24.2 Å². The lowest BCUT2D eigenvalue weighted by Gasteiger charge is -2.26. The monoisotopic (exact) mass is 400 g/mol. The van der Waals surface area contributed by atoms with Crippen molar-refractivity contribution in [1.29, 1.82) is 0 Å². The van der Waals surface area contributed by atoms with Gasteiger partial charge in [-0.3, -0.25) is 9.59 Å². The number of hydrogen-bond donors (Lipinski definition) is 1. The maximum atomic E-state index is 12.3. The van der Waals surface area contributed by atoms with Crippen molar-refractivity contribution in [2.24, 2.45) is 0 Å². The van der Waals surface area contributed by atoms with E-state index in [1.807, 2.05) is 0 Å². The molecule has 0 spiro atoms. The van der Waals surface area contributed by atoms with Crippen LogP contribution in [0.5, 0.6) is 0 Å². The summed E-state index contributed by atoms with van der Waals surface area (Å²) in [7, 11) is 0. The maximum Gasteiger partial charge on any atom is 0.338 e. The molecule has 0 amide bonds. The van der Waals surface area contributed by atoms with Gasteiger partial charge >= 0.3 is 17.9 Å². The van der Waals surface area contributed by atoms with E-state index in [4.69, 9.17) is 14.2 Å². The third kappa shape index (κ3) is 6.54. The number of aldehydes is 1. The molecule has 0 aliphatic carbocycles. The first-order valence-electron chi connectivity index (χ1n) is 8.71. The molecule has 0 bridgehead atoms. The number of carbonyl (C=O) groups excluding carboxylic acids is 4. The molecule has 0 aliphatic heterocycles. The summed E-state index contributed by atoms with van der Waals surface area (Å²) in [5.41, 5.74) is 0.419. The molecule has 2 aromatic rings. The number of hydrogen-bond acceptors (Lipinski definition) is 8. The Bertz CT molecular complexity index is 834. The minimum atomic E-state index is -1.62. The molecule has 1 N–H and O–H groups in total. The molecule has 8 nitrogen and oxygen atoms in total. The van der Waals surface area contributed by atoms with Crippen LogP contribution in [0, 0.1) is 0 Å². The van der Waals surface area contributed by atoms with Crippen LogP contribution < -0.4 is 0 Å². The van der Waals surface area contributed by atoms with E-state index in [2.05, 4.69) is 0 Å². The molecule has 0 aromatic heterocycles. The summed E-state index contributed by atoms with van der Waals surface area (Å²) in [5, 5.41) is 10.4. The highest BCUT2D eigenvalue weighted by molar-refractivity contribution is 5.90. The zero-order chi connectivity index (χ0) is 21.2. The Morgan fingerprint density at radius 1 is 0.897 bits per heavy atom. The fourth-order valence-electron chi connectivity index (χ4n) is 2.41. The molecule has 0 aliphatic rings. The number of aliphatic hydroxyl groups excluding tert-OH is 1. The van der Waals surface area contributed by atoms with Gasteiger partial charge in [0.2, 0.25) is 0 Å². The van der Waals surface area contributed by atoms with Gasteiger partial charge in [-0.05, 0) is 24.3 Å². The quantitative estimate of drug-likeness (QED) is 0.383. The van der Waals surface area contributed by atoms with Gasteiger partial charge in [0.25, 0.3) is 0 Å². The number of rotatable bonds is 9. The minimum absolute atomic E-state index is 0.165. The highest BCUT2D eigenvalue weighted by atomic mass is 16.6. The van der Waals surface area contributed by atoms with E-state index in [9.17, 15) is 24.3 Å². The zero-order valence-electron chi connectivity index (χ0n) is 15.6. The van der Waals surface area contributed by atoms with Crippen LogP contribution in [0.2, 0.25) is 0 Å². The highest BCUT2D eigenvalue weighted by Gasteiger charge is 2.35. The lowest BCUT2D eigenvalue weighted by atomic mass is 10.1. The second kappa shape index (κ2) is 10.7. The van der Waals surface area contributed by atoms with Crippen LogP contribution in [0.3, 0.4) is 0 Å². The van der Waals surface area contributed by atoms with Gasteiger partial charge in [0.15, 0.2) is 18.5 Å². The standard InChI is InChI=1S/C21H20O8/c1-14(23)28-18(12-22)19(29-21(26)16-10-6-3-7-11-16)17(24)13-27-20(25)15-8-4-2-5-9-15/h2-12,17-19,24H,13H2,1H3/t17-,18+,19-/m1/s1. The van der Waals surface area contributed by atoms with Crippen molar-refractivity contribution in [3.8, 4) is 0 Å². The molecule has 0 radical (unpaired) electrons. The highest BCUT2D eigenvalue weighted by Crippen LogP contribution is 2.14. The van der Waals surface area contributed by atoms with Gasteiger partial charge in [-0.2, -0.15) is 0 Å². The van der Waals surface area contributed by atoms with Crippen LogP contribution in [0.4, 0.5) is 0 Å². The Labute approximate surface area is 167 Å². The molecular weight excluding hydrogens is 380 g/mol. The van der Waals surface area contributed by atoms with Crippen LogP contribution in [0.1, 0.15) is 27.6 Å². The average molecular weight is 400 g/mol. The van der Waals surface area contributed by atoms with Crippen molar-refractivity contribution in [3.05, 3.63) is 71.8 Å². The average Bonchev–Trinajstić information content (AvgIpc) is 2.75. The first kappa shape index (κ1) is 21.8. The lowest BCUT2D eigenvalue weighted by molar-refractivity contribution is -0.162. The normalized spacial score (nSPS) is 13.4. The third-order valence-corrected chi connectivity index (χ3v) is 3.79. The van der Waals surface area contributed by atoms with E-state index in [0.717, 1.165) is 6.92 Å². The second-order valence-corrected chi connectivity index (χ2v) is 5.98. The molecule has 8 heteroatoms. The summed E-state index contributed by atoms with van der Waals surface area (Å²) in [6.07, 6.45) is -4.55. The molecule has 0 heterocycles. The van der Waals surface area contributed by atoms with Gasteiger partial charge < -0.3 is 19.3 Å². The Morgan fingerprint density at radius 3 is 1.90 bits per heavy atom. The zero-order valence-corrected chi connectivity index (χ0v) is 15.6. The molecular formula is C21H20O8. The first-order chi connectivity index (χ1) is 13.9. The second-order valence-electron chi connectivity index (χ2n) is 5.98. The van der Waals surface area contributed by atoms with Gasteiger partial charge in [-0.25, -0.2) is 9.59 Å².